The summed E-state index contributed by atoms with van der Waals surface area (Å²) in [7, 11) is 0. The second kappa shape index (κ2) is 8.03. The quantitative estimate of drug-likeness (QED) is 0.394. The van der Waals surface area contributed by atoms with Crippen molar-refractivity contribution in [3.8, 4) is 28.4 Å². The minimum Gasteiger partial charge on any atom is -0.508 e. The Balaban J connectivity index is 1.79. The van der Waals surface area contributed by atoms with Crippen LogP contribution in [0.3, 0.4) is 0 Å². The molecule has 4 nitrogen and oxygen atoms in total. The highest BCUT2D eigenvalue weighted by atomic mass is 16.5. The molecule has 0 unspecified atom stereocenters. The summed E-state index contributed by atoms with van der Waals surface area (Å²) in [5, 5.41) is 9.44. The Bertz CT molecular complexity index is 896. The number of aromatic hydroxyl groups is 1. The van der Waals surface area contributed by atoms with Gasteiger partial charge in [0.2, 0.25) is 0 Å². The number of carbonyl (C=O) groups excluding carboxylic acids is 1. The normalized spacial score (nSPS) is 10.2. The minimum atomic E-state index is -0.452. The molecule has 1 N–H and O–H groups in total. The number of benzene rings is 3. The van der Waals surface area contributed by atoms with Crippen molar-refractivity contribution in [1.29, 1.82) is 0 Å². The van der Waals surface area contributed by atoms with Gasteiger partial charge in [0.1, 0.15) is 23.9 Å². The maximum absolute atomic E-state index is 12.5. The Morgan fingerprint density at radius 1 is 0.962 bits per heavy atom. The molecule has 0 aliphatic carbocycles. The largest absolute Gasteiger partial charge is 0.508 e. The number of hydrogen-bond donors (Lipinski definition) is 1. The summed E-state index contributed by atoms with van der Waals surface area (Å²) in [6.07, 6.45) is 1.66. The van der Waals surface area contributed by atoms with Crippen LogP contribution in [-0.4, -0.2) is 17.7 Å². The fraction of sp³-hybridized carbons (Fsp3) is 0.0455. The van der Waals surface area contributed by atoms with E-state index in [1.807, 2.05) is 12.1 Å². The van der Waals surface area contributed by atoms with Crippen LogP contribution in [0, 0.1) is 0 Å². The fourth-order valence-corrected chi connectivity index (χ4v) is 2.44. The number of phenols is 1. The standard InChI is InChI=1S/C22H18O4/c1-2-15-25-19-13-9-17(10-14-19)22(24)26-21-6-4-3-5-20(21)16-7-11-18(23)12-8-16/h2-14,23H,1,15H2. The molecule has 130 valence electrons. The van der Waals surface area contributed by atoms with Gasteiger partial charge in [-0.25, -0.2) is 4.79 Å². The van der Waals surface area contributed by atoms with Gasteiger partial charge in [-0.1, -0.05) is 43.0 Å². The molecular weight excluding hydrogens is 328 g/mol. The molecule has 0 saturated heterocycles. The van der Waals surface area contributed by atoms with Gasteiger partial charge in [0.05, 0.1) is 5.56 Å². The van der Waals surface area contributed by atoms with Gasteiger partial charge in [-0.3, -0.25) is 0 Å². The zero-order valence-corrected chi connectivity index (χ0v) is 14.1. The van der Waals surface area contributed by atoms with Crippen LogP contribution in [0.1, 0.15) is 10.4 Å². The third kappa shape index (κ3) is 4.11. The molecule has 4 heteroatoms. The molecule has 0 amide bonds. The molecule has 0 aromatic heterocycles. The van der Waals surface area contributed by atoms with Crippen LogP contribution < -0.4 is 9.47 Å². The highest BCUT2D eigenvalue weighted by Crippen LogP contribution is 2.31. The van der Waals surface area contributed by atoms with Gasteiger partial charge in [0.15, 0.2) is 0 Å². The lowest BCUT2D eigenvalue weighted by Gasteiger charge is -2.11. The summed E-state index contributed by atoms with van der Waals surface area (Å²) in [6.45, 7) is 4.00. The number of para-hydroxylation sites is 1. The molecule has 0 spiro atoms. The maximum Gasteiger partial charge on any atom is 0.343 e. The van der Waals surface area contributed by atoms with Crippen molar-refractivity contribution in [2.75, 3.05) is 6.61 Å². The van der Waals surface area contributed by atoms with Crippen LogP contribution >= 0.6 is 0 Å². The molecule has 0 atom stereocenters. The van der Waals surface area contributed by atoms with E-state index in [1.54, 1.807) is 66.7 Å². The Kier molecular flexibility index (Phi) is 5.34. The van der Waals surface area contributed by atoms with Crippen molar-refractivity contribution >= 4 is 5.97 Å². The monoisotopic (exact) mass is 346 g/mol. The fourth-order valence-electron chi connectivity index (χ4n) is 2.44. The van der Waals surface area contributed by atoms with Crippen molar-refractivity contribution in [3.63, 3.8) is 0 Å². The van der Waals surface area contributed by atoms with Crippen molar-refractivity contribution in [3.05, 3.63) is 91.0 Å². The molecule has 0 aliphatic rings. The van der Waals surface area contributed by atoms with Crippen LogP contribution in [0.4, 0.5) is 0 Å². The first-order valence-electron chi connectivity index (χ1n) is 8.12. The molecule has 26 heavy (non-hydrogen) atoms. The average molecular weight is 346 g/mol. The molecule has 3 rings (SSSR count). The molecule has 0 radical (unpaired) electrons. The van der Waals surface area contributed by atoms with Crippen molar-refractivity contribution in [1.82, 2.24) is 0 Å². The Hall–Kier alpha value is -3.53. The summed E-state index contributed by atoms with van der Waals surface area (Å²) in [5.74, 6) is 0.842. The van der Waals surface area contributed by atoms with Gasteiger partial charge in [0.25, 0.3) is 0 Å². The number of carbonyl (C=O) groups is 1. The lowest BCUT2D eigenvalue weighted by Crippen LogP contribution is -2.09. The smallest absolute Gasteiger partial charge is 0.343 e. The van der Waals surface area contributed by atoms with Gasteiger partial charge in [0, 0.05) is 5.56 Å². The zero-order chi connectivity index (χ0) is 18.4. The summed E-state index contributed by atoms with van der Waals surface area (Å²) in [5.41, 5.74) is 2.04. The van der Waals surface area contributed by atoms with Crippen LogP contribution in [0.25, 0.3) is 11.1 Å². The van der Waals surface area contributed by atoms with E-state index in [1.165, 1.54) is 0 Å². The van der Waals surface area contributed by atoms with E-state index in [9.17, 15) is 9.90 Å². The summed E-state index contributed by atoms with van der Waals surface area (Å²) >= 11 is 0. The van der Waals surface area contributed by atoms with Gasteiger partial charge >= 0.3 is 5.97 Å². The predicted octanol–water partition coefficient (Wildman–Crippen LogP) is 4.84. The molecule has 3 aromatic rings. The molecule has 0 saturated carbocycles. The number of ether oxygens (including phenoxy) is 2. The second-order valence-corrected chi connectivity index (χ2v) is 5.56. The Morgan fingerprint density at radius 2 is 1.65 bits per heavy atom. The van der Waals surface area contributed by atoms with E-state index in [2.05, 4.69) is 6.58 Å². The number of phenolic OH excluding ortho intramolecular Hbond substituents is 1. The molecule has 0 fully saturated rings. The van der Waals surface area contributed by atoms with Crippen molar-refractivity contribution in [2.24, 2.45) is 0 Å². The highest BCUT2D eigenvalue weighted by molar-refractivity contribution is 5.92. The lowest BCUT2D eigenvalue weighted by atomic mass is 10.0. The van der Waals surface area contributed by atoms with Gasteiger partial charge in [-0.2, -0.15) is 0 Å². The van der Waals surface area contributed by atoms with E-state index in [0.717, 1.165) is 11.1 Å². The van der Waals surface area contributed by atoms with E-state index in [-0.39, 0.29) is 5.75 Å². The van der Waals surface area contributed by atoms with Crippen molar-refractivity contribution in [2.45, 2.75) is 0 Å². The first-order valence-corrected chi connectivity index (χ1v) is 8.12. The van der Waals surface area contributed by atoms with Crippen molar-refractivity contribution < 1.29 is 19.4 Å². The van der Waals surface area contributed by atoms with Crippen LogP contribution in [0.15, 0.2) is 85.5 Å². The topological polar surface area (TPSA) is 55.8 Å². The van der Waals surface area contributed by atoms with Crippen LogP contribution in [0.5, 0.6) is 17.2 Å². The summed E-state index contributed by atoms with van der Waals surface area (Å²) in [6, 6.07) is 20.7. The first kappa shape index (κ1) is 17.3. The zero-order valence-electron chi connectivity index (χ0n) is 14.1. The third-order valence-electron chi connectivity index (χ3n) is 3.73. The Morgan fingerprint density at radius 3 is 2.35 bits per heavy atom. The van der Waals surface area contributed by atoms with Crippen LogP contribution in [0.2, 0.25) is 0 Å². The van der Waals surface area contributed by atoms with E-state index in [4.69, 9.17) is 9.47 Å². The third-order valence-corrected chi connectivity index (χ3v) is 3.73. The van der Waals surface area contributed by atoms with Gasteiger partial charge in [-0.15, -0.1) is 0 Å². The summed E-state index contributed by atoms with van der Waals surface area (Å²) < 4.78 is 11.0. The van der Waals surface area contributed by atoms with Crippen LogP contribution in [-0.2, 0) is 0 Å². The minimum absolute atomic E-state index is 0.182. The molecule has 0 aliphatic heterocycles. The SMILES string of the molecule is C=CCOc1ccc(C(=O)Oc2ccccc2-c2ccc(O)cc2)cc1. The highest BCUT2D eigenvalue weighted by Gasteiger charge is 2.13. The molecule has 3 aromatic carbocycles. The predicted molar refractivity (Wildman–Crippen MR) is 101 cm³/mol. The van der Waals surface area contributed by atoms with E-state index >= 15 is 0 Å². The molecule has 0 heterocycles. The number of rotatable bonds is 6. The maximum atomic E-state index is 12.5. The summed E-state index contributed by atoms with van der Waals surface area (Å²) in [4.78, 5) is 12.5. The van der Waals surface area contributed by atoms with E-state index in [0.29, 0.717) is 23.7 Å². The number of esters is 1. The first-order chi connectivity index (χ1) is 12.7. The lowest BCUT2D eigenvalue weighted by molar-refractivity contribution is 0.0735. The second-order valence-electron chi connectivity index (χ2n) is 5.56. The van der Waals surface area contributed by atoms with Gasteiger partial charge < -0.3 is 14.6 Å². The van der Waals surface area contributed by atoms with Gasteiger partial charge in [-0.05, 0) is 48.0 Å². The number of hydrogen-bond acceptors (Lipinski definition) is 4. The molecule has 0 bridgehead atoms. The molecular formula is C22H18O4. The van der Waals surface area contributed by atoms with E-state index < -0.39 is 5.97 Å². The average Bonchev–Trinajstić information content (AvgIpc) is 2.68. The Labute approximate surface area is 151 Å².